The third-order valence-electron chi connectivity index (χ3n) is 5.90. The van der Waals surface area contributed by atoms with Gasteiger partial charge in [-0.25, -0.2) is 0 Å². The maximum absolute atomic E-state index is 13.3. The number of nitrogens with one attached hydrogen (secondary N) is 1. The predicted octanol–water partition coefficient (Wildman–Crippen LogP) is 3.65. The molecule has 5 heteroatoms. The Morgan fingerprint density at radius 2 is 1.66 bits per heavy atom. The van der Waals surface area contributed by atoms with Crippen LogP contribution in [0.2, 0.25) is 0 Å². The van der Waals surface area contributed by atoms with E-state index in [2.05, 4.69) is 5.32 Å². The summed E-state index contributed by atoms with van der Waals surface area (Å²) in [7, 11) is 0. The number of aryl methyl sites for hydroxylation is 1. The molecule has 0 saturated heterocycles. The maximum atomic E-state index is 13.3. The summed E-state index contributed by atoms with van der Waals surface area (Å²) in [5.41, 5.74) is 2.76. The van der Waals surface area contributed by atoms with E-state index in [1.54, 1.807) is 24.3 Å². The summed E-state index contributed by atoms with van der Waals surface area (Å²) in [6, 6.07) is 13.9. The largest absolute Gasteiger partial charge is 0.352 e. The van der Waals surface area contributed by atoms with Crippen LogP contribution in [0.4, 0.5) is 0 Å². The molecule has 3 amide bonds. The molecule has 150 valence electrons. The molecule has 0 radical (unpaired) electrons. The number of fused-ring (bicyclic) bond motifs is 1. The lowest BCUT2D eigenvalue weighted by Gasteiger charge is -2.29. The van der Waals surface area contributed by atoms with Crippen molar-refractivity contribution in [1.82, 2.24) is 10.2 Å². The van der Waals surface area contributed by atoms with Crippen LogP contribution in [0.5, 0.6) is 0 Å². The van der Waals surface area contributed by atoms with Gasteiger partial charge in [-0.2, -0.15) is 0 Å². The fraction of sp³-hybridized carbons (Fsp3) is 0.375. The van der Waals surface area contributed by atoms with E-state index in [0.717, 1.165) is 41.7 Å². The van der Waals surface area contributed by atoms with E-state index in [4.69, 9.17) is 0 Å². The Kier molecular flexibility index (Phi) is 5.47. The lowest BCUT2D eigenvalue weighted by Crippen LogP contribution is -2.53. The Labute approximate surface area is 171 Å². The Balaban J connectivity index is 1.63. The van der Waals surface area contributed by atoms with Gasteiger partial charge in [0.1, 0.15) is 6.04 Å². The molecule has 29 heavy (non-hydrogen) atoms. The van der Waals surface area contributed by atoms with Crippen LogP contribution in [0.3, 0.4) is 0 Å². The van der Waals surface area contributed by atoms with Crippen LogP contribution in [-0.2, 0) is 11.2 Å². The first-order valence-corrected chi connectivity index (χ1v) is 10.4. The molecule has 0 spiro atoms. The van der Waals surface area contributed by atoms with Crippen molar-refractivity contribution in [2.75, 3.05) is 0 Å². The topological polar surface area (TPSA) is 66.5 Å². The molecule has 0 bridgehead atoms. The summed E-state index contributed by atoms with van der Waals surface area (Å²) in [6.07, 6.45) is 5.60. The summed E-state index contributed by atoms with van der Waals surface area (Å²) in [4.78, 5) is 40.5. The zero-order valence-corrected chi connectivity index (χ0v) is 16.7. The van der Waals surface area contributed by atoms with Crippen molar-refractivity contribution < 1.29 is 14.4 Å². The minimum atomic E-state index is -0.855. The Morgan fingerprint density at radius 1 is 1.00 bits per heavy atom. The summed E-state index contributed by atoms with van der Waals surface area (Å²) in [5, 5.41) is 3.11. The van der Waals surface area contributed by atoms with Crippen molar-refractivity contribution in [3.05, 3.63) is 70.8 Å². The molecular weight excluding hydrogens is 364 g/mol. The summed E-state index contributed by atoms with van der Waals surface area (Å²) in [5.74, 6) is -1.02. The highest BCUT2D eigenvalue weighted by atomic mass is 16.2. The van der Waals surface area contributed by atoms with Gasteiger partial charge in [0.15, 0.2) is 0 Å². The number of hydrogen-bond acceptors (Lipinski definition) is 3. The molecule has 5 nitrogen and oxygen atoms in total. The molecule has 1 saturated carbocycles. The molecule has 0 aromatic heterocycles. The van der Waals surface area contributed by atoms with E-state index in [0.29, 0.717) is 17.5 Å². The molecule has 2 aromatic rings. The Hall–Kier alpha value is -2.95. The summed E-state index contributed by atoms with van der Waals surface area (Å²) >= 11 is 0. The highest BCUT2D eigenvalue weighted by Gasteiger charge is 2.43. The highest BCUT2D eigenvalue weighted by molar-refractivity contribution is 6.22. The van der Waals surface area contributed by atoms with Crippen LogP contribution in [0.1, 0.15) is 63.9 Å². The van der Waals surface area contributed by atoms with Crippen LogP contribution in [-0.4, -0.2) is 34.7 Å². The third-order valence-corrected chi connectivity index (χ3v) is 5.90. The number of benzene rings is 2. The third kappa shape index (κ3) is 3.95. The molecule has 1 aliphatic heterocycles. The van der Waals surface area contributed by atoms with E-state index < -0.39 is 6.04 Å². The summed E-state index contributed by atoms with van der Waals surface area (Å²) in [6.45, 7) is 1.99. The van der Waals surface area contributed by atoms with Gasteiger partial charge < -0.3 is 5.32 Å². The lowest BCUT2D eigenvalue weighted by atomic mass is 9.94. The SMILES string of the molecule is Cc1cccc(CC(C(=O)NC2CCCCC2)N2C(=O)c3ccccc3C2=O)c1. The number of hydrogen-bond donors (Lipinski definition) is 1. The zero-order chi connectivity index (χ0) is 20.4. The Bertz CT molecular complexity index is 912. The fourth-order valence-corrected chi connectivity index (χ4v) is 4.40. The van der Waals surface area contributed by atoms with Gasteiger partial charge in [-0.05, 0) is 37.5 Å². The molecule has 1 unspecified atom stereocenters. The first-order chi connectivity index (χ1) is 14.0. The number of amides is 3. The number of rotatable bonds is 5. The van der Waals surface area contributed by atoms with Gasteiger partial charge in [0.25, 0.3) is 11.8 Å². The summed E-state index contributed by atoms with van der Waals surface area (Å²) < 4.78 is 0. The lowest BCUT2D eigenvalue weighted by molar-refractivity contribution is -0.126. The second-order valence-electron chi connectivity index (χ2n) is 8.08. The monoisotopic (exact) mass is 390 g/mol. The first-order valence-electron chi connectivity index (χ1n) is 10.4. The Morgan fingerprint density at radius 3 is 2.28 bits per heavy atom. The van der Waals surface area contributed by atoms with Crippen molar-refractivity contribution >= 4 is 17.7 Å². The maximum Gasteiger partial charge on any atom is 0.262 e. The van der Waals surface area contributed by atoms with Crippen LogP contribution in [0.15, 0.2) is 48.5 Å². The van der Waals surface area contributed by atoms with Crippen LogP contribution < -0.4 is 5.32 Å². The highest BCUT2D eigenvalue weighted by Crippen LogP contribution is 2.27. The van der Waals surface area contributed by atoms with Gasteiger partial charge in [0.05, 0.1) is 11.1 Å². The molecule has 4 rings (SSSR count). The van der Waals surface area contributed by atoms with Gasteiger partial charge in [-0.15, -0.1) is 0 Å². The number of carbonyl (C=O) groups is 3. The van der Waals surface area contributed by atoms with Crippen molar-refractivity contribution in [2.45, 2.75) is 57.5 Å². The van der Waals surface area contributed by atoms with Crippen molar-refractivity contribution in [3.63, 3.8) is 0 Å². The smallest absolute Gasteiger partial charge is 0.262 e. The number of imide groups is 1. The molecule has 1 N–H and O–H groups in total. The minimum Gasteiger partial charge on any atom is -0.352 e. The van der Waals surface area contributed by atoms with Crippen molar-refractivity contribution in [2.24, 2.45) is 0 Å². The van der Waals surface area contributed by atoms with Gasteiger partial charge in [0.2, 0.25) is 5.91 Å². The minimum absolute atomic E-state index is 0.117. The number of carbonyl (C=O) groups excluding carboxylic acids is 3. The molecule has 1 aliphatic carbocycles. The van der Waals surface area contributed by atoms with E-state index in [1.807, 2.05) is 31.2 Å². The standard InChI is InChI=1S/C24H26N2O3/c1-16-8-7-9-17(14-16)15-21(22(27)25-18-10-3-2-4-11-18)26-23(28)19-12-5-6-13-20(19)24(26)29/h5-9,12-14,18,21H,2-4,10-11,15H2,1H3,(H,25,27). The zero-order valence-electron chi connectivity index (χ0n) is 16.7. The van der Waals surface area contributed by atoms with Gasteiger partial charge in [-0.1, -0.05) is 61.2 Å². The van der Waals surface area contributed by atoms with E-state index >= 15 is 0 Å². The average molecular weight is 390 g/mol. The van der Waals surface area contributed by atoms with Gasteiger partial charge >= 0.3 is 0 Å². The van der Waals surface area contributed by atoms with Crippen LogP contribution in [0, 0.1) is 6.92 Å². The van der Waals surface area contributed by atoms with Crippen molar-refractivity contribution in [1.29, 1.82) is 0 Å². The van der Waals surface area contributed by atoms with E-state index in [9.17, 15) is 14.4 Å². The van der Waals surface area contributed by atoms with E-state index in [1.165, 1.54) is 6.42 Å². The molecular formula is C24H26N2O3. The van der Waals surface area contributed by atoms with E-state index in [-0.39, 0.29) is 23.8 Å². The van der Waals surface area contributed by atoms with Gasteiger partial charge in [-0.3, -0.25) is 19.3 Å². The van der Waals surface area contributed by atoms with Gasteiger partial charge in [0, 0.05) is 12.5 Å². The van der Waals surface area contributed by atoms with Crippen molar-refractivity contribution in [3.8, 4) is 0 Å². The average Bonchev–Trinajstić information content (AvgIpc) is 2.98. The number of nitrogens with zero attached hydrogens (tertiary/aromatic N) is 1. The van der Waals surface area contributed by atoms with Crippen LogP contribution >= 0.6 is 0 Å². The van der Waals surface area contributed by atoms with Crippen LogP contribution in [0.25, 0.3) is 0 Å². The normalized spacial score (nSPS) is 17.9. The molecule has 1 heterocycles. The quantitative estimate of drug-likeness (QED) is 0.793. The second kappa shape index (κ2) is 8.19. The molecule has 1 fully saturated rings. The molecule has 1 atom stereocenters. The first kappa shape index (κ1) is 19.4. The molecule has 2 aliphatic rings. The second-order valence-corrected chi connectivity index (χ2v) is 8.08. The predicted molar refractivity (Wildman–Crippen MR) is 111 cm³/mol. The molecule has 2 aromatic carbocycles. The fourth-order valence-electron chi connectivity index (χ4n) is 4.40.